The second-order valence-electron chi connectivity index (χ2n) is 7.82. The Morgan fingerprint density at radius 1 is 1.17 bits per heavy atom. The highest BCUT2D eigenvalue weighted by molar-refractivity contribution is 8.00. The number of nitrogens with one attached hydrogen (secondary N) is 2. The SMILES string of the molecule is COc1cnc2ccc(F)c(-c3ccc(C(O)CNCc4cnc5c(n4)NC(=O)CS5)cc3)c2n1. The predicted molar refractivity (Wildman–Crippen MR) is 130 cm³/mol. The molecule has 2 aromatic carbocycles. The molecule has 1 amide bonds. The van der Waals surface area contributed by atoms with Crippen LogP contribution in [0.4, 0.5) is 10.2 Å². The molecule has 0 aliphatic carbocycles. The number of aliphatic hydroxyl groups excluding tert-OH is 1. The number of rotatable bonds is 7. The minimum absolute atomic E-state index is 0.102. The molecule has 0 spiro atoms. The zero-order valence-corrected chi connectivity index (χ0v) is 19.5. The molecule has 1 aliphatic rings. The van der Waals surface area contributed by atoms with Gasteiger partial charge in [-0.2, -0.15) is 0 Å². The molecule has 11 heteroatoms. The molecule has 1 aliphatic heterocycles. The first-order valence-electron chi connectivity index (χ1n) is 10.8. The van der Waals surface area contributed by atoms with Crippen LogP contribution in [0.2, 0.25) is 0 Å². The molecule has 1 atom stereocenters. The Hall–Kier alpha value is -3.67. The summed E-state index contributed by atoms with van der Waals surface area (Å²) in [5.41, 5.74) is 3.22. The molecular formula is C24H21FN6O3S. The Kier molecular flexibility index (Phi) is 6.53. The summed E-state index contributed by atoms with van der Waals surface area (Å²) in [6.45, 7) is 0.641. The van der Waals surface area contributed by atoms with Crippen molar-refractivity contribution in [3.8, 4) is 17.0 Å². The van der Waals surface area contributed by atoms with Crippen LogP contribution in [0.25, 0.3) is 22.2 Å². The Bertz CT molecular complexity index is 1400. The fourth-order valence-corrected chi connectivity index (χ4v) is 4.43. The number of hydrogen-bond acceptors (Lipinski definition) is 9. The van der Waals surface area contributed by atoms with Gasteiger partial charge in [0, 0.05) is 18.7 Å². The molecule has 3 N–H and O–H groups in total. The van der Waals surface area contributed by atoms with E-state index in [4.69, 9.17) is 4.74 Å². The van der Waals surface area contributed by atoms with Crippen LogP contribution >= 0.6 is 11.8 Å². The van der Waals surface area contributed by atoms with Gasteiger partial charge < -0.3 is 20.5 Å². The molecule has 0 radical (unpaired) electrons. The fraction of sp³-hybridized carbons (Fsp3) is 0.208. The summed E-state index contributed by atoms with van der Waals surface area (Å²) < 4.78 is 19.9. The molecule has 35 heavy (non-hydrogen) atoms. The molecule has 3 heterocycles. The third-order valence-electron chi connectivity index (χ3n) is 5.47. The number of halogens is 1. The molecule has 5 rings (SSSR count). The van der Waals surface area contributed by atoms with E-state index in [-0.39, 0.29) is 12.5 Å². The van der Waals surface area contributed by atoms with Gasteiger partial charge in [-0.25, -0.2) is 24.3 Å². The number of ether oxygens (including phenoxy) is 1. The number of hydrogen-bond donors (Lipinski definition) is 3. The fourth-order valence-electron chi connectivity index (χ4n) is 3.73. The van der Waals surface area contributed by atoms with Crippen molar-refractivity contribution in [1.82, 2.24) is 25.3 Å². The second-order valence-corrected chi connectivity index (χ2v) is 8.79. The van der Waals surface area contributed by atoms with Crippen LogP contribution in [0, 0.1) is 5.82 Å². The van der Waals surface area contributed by atoms with Crippen molar-refractivity contribution in [2.45, 2.75) is 17.7 Å². The van der Waals surface area contributed by atoms with Crippen LogP contribution in [0.5, 0.6) is 5.88 Å². The van der Waals surface area contributed by atoms with E-state index in [1.54, 1.807) is 36.5 Å². The molecular weight excluding hydrogens is 471 g/mol. The lowest BCUT2D eigenvalue weighted by molar-refractivity contribution is -0.113. The summed E-state index contributed by atoms with van der Waals surface area (Å²) in [6.07, 6.45) is 2.34. The molecule has 0 saturated heterocycles. The van der Waals surface area contributed by atoms with Gasteiger partial charge in [0.05, 0.1) is 42.6 Å². The zero-order valence-electron chi connectivity index (χ0n) is 18.7. The maximum absolute atomic E-state index is 14.8. The average molecular weight is 493 g/mol. The van der Waals surface area contributed by atoms with Gasteiger partial charge in [0.15, 0.2) is 5.82 Å². The van der Waals surface area contributed by atoms with Crippen molar-refractivity contribution in [3.63, 3.8) is 0 Å². The number of carbonyl (C=O) groups is 1. The van der Waals surface area contributed by atoms with Gasteiger partial charge in [-0.05, 0) is 23.3 Å². The monoisotopic (exact) mass is 492 g/mol. The van der Waals surface area contributed by atoms with Crippen molar-refractivity contribution in [3.05, 3.63) is 65.9 Å². The summed E-state index contributed by atoms with van der Waals surface area (Å²) in [5, 5.41) is 17.2. The van der Waals surface area contributed by atoms with Gasteiger partial charge in [-0.1, -0.05) is 36.0 Å². The number of methoxy groups -OCH3 is 1. The van der Waals surface area contributed by atoms with Crippen LogP contribution in [-0.4, -0.2) is 50.4 Å². The molecule has 2 aromatic heterocycles. The second kappa shape index (κ2) is 9.90. The molecule has 0 fully saturated rings. The smallest absolute Gasteiger partial charge is 0.236 e. The van der Waals surface area contributed by atoms with E-state index in [1.807, 2.05) is 0 Å². The van der Waals surface area contributed by atoms with Gasteiger partial charge in [0.25, 0.3) is 0 Å². The quantitative estimate of drug-likeness (QED) is 0.357. The number of anilines is 1. The van der Waals surface area contributed by atoms with Crippen LogP contribution < -0.4 is 15.4 Å². The number of carbonyl (C=O) groups excluding carboxylic acids is 1. The highest BCUT2D eigenvalue weighted by Gasteiger charge is 2.19. The third kappa shape index (κ3) is 4.92. The van der Waals surface area contributed by atoms with Crippen LogP contribution in [0.3, 0.4) is 0 Å². The standard InChI is InChI=1S/C24H21FN6O3S/c1-34-20-11-27-17-7-6-16(25)21(22(17)31-20)14-4-2-13(3-5-14)18(32)10-26-8-15-9-28-24-23(29-15)30-19(33)12-35-24/h2-7,9,11,18,26,32H,8,10,12H2,1H3,(H,29,30,33). The van der Waals surface area contributed by atoms with Crippen LogP contribution in [0.1, 0.15) is 17.4 Å². The van der Waals surface area contributed by atoms with Gasteiger partial charge in [-0.15, -0.1) is 0 Å². The summed E-state index contributed by atoms with van der Waals surface area (Å²) in [4.78, 5) is 28.9. The number of aliphatic hydroxyl groups is 1. The van der Waals surface area contributed by atoms with E-state index >= 15 is 0 Å². The average Bonchev–Trinajstić information content (AvgIpc) is 2.88. The third-order valence-corrected chi connectivity index (χ3v) is 6.44. The highest BCUT2D eigenvalue weighted by Crippen LogP contribution is 2.31. The first kappa shape index (κ1) is 23.1. The molecule has 0 saturated carbocycles. The minimum Gasteiger partial charge on any atom is -0.480 e. The first-order valence-corrected chi connectivity index (χ1v) is 11.8. The molecule has 1 unspecified atom stereocenters. The van der Waals surface area contributed by atoms with E-state index < -0.39 is 11.9 Å². The lowest BCUT2D eigenvalue weighted by Crippen LogP contribution is -2.24. The number of fused-ring (bicyclic) bond motifs is 2. The zero-order chi connectivity index (χ0) is 24.4. The molecule has 4 aromatic rings. The predicted octanol–water partition coefficient (Wildman–Crippen LogP) is 3.10. The number of nitrogens with zero attached hydrogens (tertiary/aromatic N) is 4. The minimum atomic E-state index is -0.790. The van der Waals surface area contributed by atoms with Crippen LogP contribution in [0.15, 0.2) is 53.8 Å². The lowest BCUT2D eigenvalue weighted by Gasteiger charge is -2.16. The van der Waals surface area contributed by atoms with Crippen molar-refractivity contribution >= 4 is 34.5 Å². The summed E-state index contributed by atoms with van der Waals surface area (Å²) in [5.74, 6) is 0.571. The van der Waals surface area contributed by atoms with Crippen molar-refractivity contribution in [1.29, 1.82) is 0 Å². The number of aromatic nitrogens is 4. The summed E-state index contributed by atoms with van der Waals surface area (Å²) in [7, 11) is 1.48. The van der Waals surface area contributed by atoms with E-state index in [2.05, 4.69) is 30.6 Å². The Labute approximate surface area is 204 Å². The summed E-state index contributed by atoms with van der Waals surface area (Å²) >= 11 is 1.35. The van der Waals surface area contributed by atoms with Crippen molar-refractivity contribution < 1.29 is 19.0 Å². The lowest BCUT2D eigenvalue weighted by atomic mass is 10.00. The van der Waals surface area contributed by atoms with Gasteiger partial charge in [0.2, 0.25) is 11.8 Å². The topological polar surface area (TPSA) is 122 Å². The van der Waals surface area contributed by atoms with Gasteiger partial charge in [-0.3, -0.25) is 4.79 Å². The Balaban J connectivity index is 1.27. The Morgan fingerprint density at radius 2 is 2.00 bits per heavy atom. The number of amides is 1. The van der Waals surface area contributed by atoms with E-state index in [1.165, 1.54) is 31.1 Å². The van der Waals surface area contributed by atoms with Gasteiger partial charge >= 0.3 is 0 Å². The highest BCUT2D eigenvalue weighted by atomic mass is 32.2. The maximum Gasteiger partial charge on any atom is 0.236 e. The van der Waals surface area contributed by atoms with Crippen molar-refractivity contribution in [2.75, 3.05) is 24.7 Å². The van der Waals surface area contributed by atoms with Gasteiger partial charge in [0.1, 0.15) is 16.4 Å². The number of benzene rings is 2. The normalized spacial score (nSPS) is 13.9. The van der Waals surface area contributed by atoms with E-state index in [0.29, 0.717) is 62.4 Å². The summed E-state index contributed by atoms with van der Waals surface area (Å²) in [6, 6.07) is 9.92. The van der Waals surface area contributed by atoms with Crippen molar-refractivity contribution in [2.24, 2.45) is 0 Å². The largest absolute Gasteiger partial charge is 0.480 e. The molecule has 178 valence electrons. The van der Waals surface area contributed by atoms with E-state index in [0.717, 1.165) is 0 Å². The molecule has 0 bridgehead atoms. The maximum atomic E-state index is 14.8. The van der Waals surface area contributed by atoms with E-state index in [9.17, 15) is 14.3 Å². The van der Waals surface area contributed by atoms with Crippen LogP contribution in [-0.2, 0) is 11.3 Å². The molecule has 9 nitrogen and oxygen atoms in total. The number of thioether (sulfide) groups is 1. The Morgan fingerprint density at radius 3 is 2.80 bits per heavy atom. The first-order chi connectivity index (χ1) is 17.0.